The highest BCUT2D eigenvalue weighted by atomic mass is 32.1. The summed E-state index contributed by atoms with van der Waals surface area (Å²) in [6.07, 6.45) is 4.76. The van der Waals surface area contributed by atoms with Crippen molar-refractivity contribution in [2.24, 2.45) is 0 Å². The highest BCUT2D eigenvalue weighted by Gasteiger charge is 1.98. The van der Waals surface area contributed by atoms with Gasteiger partial charge >= 0.3 is 0 Å². The van der Waals surface area contributed by atoms with E-state index in [0.29, 0.717) is 0 Å². The molecule has 2 aromatic heterocycles. The molecule has 0 aliphatic rings. The van der Waals surface area contributed by atoms with E-state index in [-0.39, 0.29) is 0 Å². The van der Waals surface area contributed by atoms with Gasteiger partial charge in [-0.15, -0.1) is 22.7 Å². The maximum Gasteiger partial charge on any atom is 0.0775 e. The zero-order chi connectivity index (χ0) is 12.8. The third kappa shape index (κ3) is 3.73. The number of thiophene rings is 2. The van der Waals surface area contributed by atoms with Gasteiger partial charge in [-0.25, -0.2) is 0 Å². The Kier molecular flexibility index (Phi) is 5.04. The van der Waals surface area contributed by atoms with E-state index in [4.69, 9.17) is 0 Å². The van der Waals surface area contributed by atoms with Gasteiger partial charge in [0.15, 0.2) is 0 Å². The first-order valence-corrected chi connectivity index (χ1v) is 8.14. The van der Waals surface area contributed by atoms with Crippen LogP contribution in [0.4, 0.5) is 0 Å². The van der Waals surface area contributed by atoms with Crippen LogP contribution in [0.1, 0.15) is 46.2 Å². The minimum absolute atomic E-state index is 1.17. The minimum atomic E-state index is 1.17. The molecule has 0 bridgehead atoms. The van der Waals surface area contributed by atoms with E-state index in [1.165, 1.54) is 45.2 Å². The summed E-state index contributed by atoms with van der Waals surface area (Å²) in [6.45, 7) is 4.43. The first-order chi connectivity index (χ1) is 8.81. The van der Waals surface area contributed by atoms with Crippen LogP contribution >= 0.6 is 22.7 Å². The number of aryl methyl sites for hydroxylation is 2. The highest BCUT2D eigenvalue weighted by molar-refractivity contribution is 7.13. The fourth-order valence-electron chi connectivity index (χ4n) is 1.77. The molecule has 0 fully saturated rings. The highest BCUT2D eigenvalue weighted by Crippen LogP contribution is 2.19. The minimum Gasteiger partial charge on any atom is -0.132 e. The summed E-state index contributed by atoms with van der Waals surface area (Å²) in [5, 5.41) is 0. The smallest absolute Gasteiger partial charge is 0.0775 e. The van der Waals surface area contributed by atoms with Crippen LogP contribution < -0.4 is 0 Å². The Morgan fingerprint density at radius 3 is 1.61 bits per heavy atom. The van der Waals surface area contributed by atoms with Crippen molar-refractivity contribution >= 4 is 22.7 Å². The van der Waals surface area contributed by atoms with Gasteiger partial charge in [0.05, 0.1) is 9.75 Å². The second-order valence-corrected chi connectivity index (χ2v) is 6.62. The Hall–Kier alpha value is -1.04. The Balaban J connectivity index is 2.05. The van der Waals surface area contributed by atoms with E-state index < -0.39 is 0 Å². The Labute approximate surface area is 118 Å². The second-order valence-electron chi connectivity index (χ2n) is 4.28. The molecule has 0 aromatic carbocycles. The lowest BCUT2D eigenvalue weighted by Crippen LogP contribution is -1.72. The number of rotatable bonds is 4. The standard InChI is InChI=1S/C16H18S2/c1-3-5-13-7-9-15(17-13)11-12-16-10-8-14(18-16)6-4-2/h7-10H,3-6H2,1-2H3. The third-order valence-corrected chi connectivity index (χ3v) is 4.75. The molecule has 2 rings (SSSR count). The largest absolute Gasteiger partial charge is 0.132 e. The van der Waals surface area contributed by atoms with E-state index in [9.17, 15) is 0 Å². The van der Waals surface area contributed by atoms with Crippen LogP contribution in [0.25, 0.3) is 0 Å². The molecule has 2 aromatic rings. The third-order valence-electron chi connectivity index (χ3n) is 2.63. The van der Waals surface area contributed by atoms with Crippen LogP contribution in [0, 0.1) is 11.8 Å². The summed E-state index contributed by atoms with van der Waals surface area (Å²) in [4.78, 5) is 5.26. The zero-order valence-electron chi connectivity index (χ0n) is 11.0. The van der Waals surface area contributed by atoms with Gasteiger partial charge in [0, 0.05) is 9.75 Å². The lowest BCUT2D eigenvalue weighted by Gasteiger charge is -1.87. The monoisotopic (exact) mass is 274 g/mol. The van der Waals surface area contributed by atoms with Gasteiger partial charge in [0.2, 0.25) is 0 Å². The maximum absolute atomic E-state index is 3.27. The van der Waals surface area contributed by atoms with Gasteiger partial charge in [-0.1, -0.05) is 26.7 Å². The summed E-state index contributed by atoms with van der Waals surface area (Å²) in [5.74, 6) is 6.55. The Morgan fingerprint density at radius 2 is 1.22 bits per heavy atom. The molecule has 2 heterocycles. The van der Waals surface area contributed by atoms with Crippen LogP contribution in [0.5, 0.6) is 0 Å². The topological polar surface area (TPSA) is 0 Å². The number of hydrogen-bond donors (Lipinski definition) is 0. The predicted molar refractivity (Wildman–Crippen MR) is 82.6 cm³/mol. The molecule has 0 saturated carbocycles. The summed E-state index contributed by atoms with van der Waals surface area (Å²) >= 11 is 3.65. The molecule has 0 spiro atoms. The van der Waals surface area contributed by atoms with Crippen LogP contribution in [-0.2, 0) is 12.8 Å². The predicted octanol–water partition coefficient (Wildman–Crippen LogP) is 5.11. The van der Waals surface area contributed by atoms with Crippen molar-refractivity contribution in [3.8, 4) is 11.8 Å². The first kappa shape index (κ1) is 13.4. The molecule has 18 heavy (non-hydrogen) atoms. The molecule has 0 amide bonds. The second kappa shape index (κ2) is 6.78. The van der Waals surface area contributed by atoms with Crippen molar-refractivity contribution in [3.05, 3.63) is 43.8 Å². The SMILES string of the molecule is CCCc1ccc(C#Cc2ccc(CCC)s2)s1. The average Bonchev–Trinajstić information content (AvgIpc) is 2.97. The lowest BCUT2D eigenvalue weighted by molar-refractivity contribution is 0.940. The summed E-state index contributed by atoms with van der Waals surface area (Å²) in [5.41, 5.74) is 0. The van der Waals surface area contributed by atoms with Crippen LogP contribution in [-0.4, -0.2) is 0 Å². The molecule has 0 radical (unpaired) electrons. The van der Waals surface area contributed by atoms with Gasteiger partial charge < -0.3 is 0 Å². The number of hydrogen-bond acceptors (Lipinski definition) is 2. The maximum atomic E-state index is 3.27. The molecule has 0 N–H and O–H groups in total. The van der Waals surface area contributed by atoms with Crippen molar-refractivity contribution in [1.82, 2.24) is 0 Å². The Bertz CT molecular complexity index is 501. The van der Waals surface area contributed by atoms with Crippen molar-refractivity contribution in [2.45, 2.75) is 39.5 Å². The van der Waals surface area contributed by atoms with E-state index in [1.807, 2.05) is 22.7 Å². The molecular formula is C16H18S2. The van der Waals surface area contributed by atoms with Gasteiger partial charge in [0.1, 0.15) is 0 Å². The van der Waals surface area contributed by atoms with Crippen LogP contribution in [0.2, 0.25) is 0 Å². The average molecular weight is 274 g/mol. The van der Waals surface area contributed by atoms with Gasteiger partial charge in [0.25, 0.3) is 0 Å². The lowest BCUT2D eigenvalue weighted by atomic mass is 10.3. The van der Waals surface area contributed by atoms with Crippen molar-refractivity contribution in [2.75, 3.05) is 0 Å². The summed E-state index contributed by atoms with van der Waals surface area (Å²) in [7, 11) is 0. The summed E-state index contributed by atoms with van der Waals surface area (Å²) in [6, 6.07) is 8.69. The fourth-order valence-corrected chi connectivity index (χ4v) is 3.70. The molecule has 0 aliphatic heterocycles. The van der Waals surface area contributed by atoms with Gasteiger partial charge in [-0.05, 0) is 48.9 Å². The fraction of sp³-hybridized carbons (Fsp3) is 0.375. The molecule has 94 valence electrons. The Morgan fingerprint density at radius 1 is 0.778 bits per heavy atom. The molecule has 0 nitrogen and oxygen atoms in total. The van der Waals surface area contributed by atoms with Crippen molar-refractivity contribution in [1.29, 1.82) is 0 Å². The van der Waals surface area contributed by atoms with Gasteiger partial charge in [-0.3, -0.25) is 0 Å². The van der Waals surface area contributed by atoms with Gasteiger partial charge in [-0.2, -0.15) is 0 Å². The first-order valence-electron chi connectivity index (χ1n) is 6.51. The van der Waals surface area contributed by atoms with E-state index in [1.54, 1.807) is 0 Å². The van der Waals surface area contributed by atoms with Crippen molar-refractivity contribution < 1.29 is 0 Å². The molecular weight excluding hydrogens is 256 g/mol. The summed E-state index contributed by atoms with van der Waals surface area (Å²) < 4.78 is 0. The normalized spacial score (nSPS) is 10.1. The quantitative estimate of drug-likeness (QED) is 0.679. The van der Waals surface area contributed by atoms with E-state index in [2.05, 4.69) is 50.0 Å². The van der Waals surface area contributed by atoms with E-state index in [0.717, 1.165) is 0 Å². The van der Waals surface area contributed by atoms with Crippen LogP contribution in [0.3, 0.4) is 0 Å². The zero-order valence-corrected chi connectivity index (χ0v) is 12.6. The van der Waals surface area contributed by atoms with Crippen LogP contribution in [0.15, 0.2) is 24.3 Å². The molecule has 0 unspecified atom stereocenters. The van der Waals surface area contributed by atoms with Crippen molar-refractivity contribution in [3.63, 3.8) is 0 Å². The molecule has 0 saturated heterocycles. The molecule has 2 heteroatoms. The molecule has 0 aliphatic carbocycles. The van der Waals surface area contributed by atoms with E-state index >= 15 is 0 Å². The molecule has 0 atom stereocenters.